The topological polar surface area (TPSA) is 115 Å². The van der Waals surface area contributed by atoms with Gasteiger partial charge in [0, 0.05) is 23.5 Å². The fourth-order valence-corrected chi connectivity index (χ4v) is 3.22. The van der Waals surface area contributed by atoms with Crippen LogP contribution in [-0.2, 0) is 9.53 Å². The van der Waals surface area contributed by atoms with Gasteiger partial charge in [-0.2, -0.15) is 0 Å². The van der Waals surface area contributed by atoms with Crippen LogP contribution in [-0.4, -0.2) is 28.1 Å². The second-order valence-electron chi connectivity index (χ2n) is 7.74. The van der Waals surface area contributed by atoms with Crippen LogP contribution in [0.3, 0.4) is 0 Å². The zero-order valence-electron chi connectivity index (χ0n) is 18.2. The maximum Gasteiger partial charge on any atom is 0.342 e. The second kappa shape index (κ2) is 9.74. The Hall–Kier alpha value is -3.85. The largest absolute Gasteiger partial charge is 0.459 e. The highest BCUT2D eigenvalue weighted by molar-refractivity contribution is 5.96. The van der Waals surface area contributed by atoms with Crippen LogP contribution < -0.4 is 11.1 Å². The third kappa shape index (κ3) is 5.69. The van der Waals surface area contributed by atoms with Crippen LogP contribution in [0.4, 0.5) is 20.3 Å². The van der Waals surface area contributed by atoms with Crippen LogP contribution >= 0.6 is 0 Å². The van der Waals surface area contributed by atoms with E-state index in [0.717, 1.165) is 23.3 Å². The second-order valence-corrected chi connectivity index (χ2v) is 7.74. The number of hydrogen-bond donors (Lipinski definition) is 3. The number of ether oxygens (including phenoxy) is 1. The number of benzene rings is 2. The van der Waals surface area contributed by atoms with Crippen molar-refractivity contribution in [2.75, 3.05) is 11.1 Å². The van der Waals surface area contributed by atoms with Gasteiger partial charge in [0.05, 0.1) is 6.10 Å². The molecule has 0 fully saturated rings. The lowest BCUT2D eigenvalue weighted by Crippen LogP contribution is -2.21. The summed E-state index contributed by atoms with van der Waals surface area (Å²) in [5.41, 5.74) is 8.20. The van der Waals surface area contributed by atoms with E-state index in [2.05, 4.69) is 10.3 Å². The number of halogens is 2. The van der Waals surface area contributed by atoms with Gasteiger partial charge in [0.25, 0.3) is 5.91 Å². The summed E-state index contributed by atoms with van der Waals surface area (Å²) < 4.78 is 32.0. The van der Waals surface area contributed by atoms with Crippen LogP contribution in [0.15, 0.2) is 48.7 Å². The molecule has 0 spiro atoms. The number of nitrogen functional groups attached to an aromatic ring is 1. The van der Waals surface area contributed by atoms with Gasteiger partial charge in [-0.25, -0.2) is 18.6 Å². The molecule has 0 saturated carbocycles. The Labute approximate surface area is 189 Å². The maximum absolute atomic E-state index is 13.4. The van der Waals surface area contributed by atoms with Crippen molar-refractivity contribution in [2.45, 2.75) is 33.0 Å². The number of anilines is 2. The molecule has 7 nitrogen and oxygen atoms in total. The summed E-state index contributed by atoms with van der Waals surface area (Å²) in [5.74, 6) is -3.17. The van der Waals surface area contributed by atoms with Crippen molar-refractivity contribution in [3.05, 3.63) is 77.0 Å². The summed E-state index contributed by atoms with van der Waals surface area (Å²) in [4.78, 5) is 28.7. The molecule has 0 aliphatic rings. The van der Waals surface area contributed by atoms with Gasteiger partial charge < -0.3 is 20.9 Å². The molecule has 2 aromatic carbocycles. The lowest BCUT2D eigenvalue weighted by Gasteiger charge is -2.14. The van der Waals surface area contributed by atoms with Crippen molar-refractivity contribution >= 4 is 23.4 Å². The third-order valence-electron chi connectivity index (χ3n) is 4.74. The summed E-state index contributed by atoms with van der Waals surface area (Å²) in [6, 6.07) is 8.93. The Morgan fingerprint density at radius 3 is 2.36 bits per heavy atom. The number of aryl methyl sites for hydroxylation is 1. The normalized spacial score (nSPS) is 11.8. The van der Waals surface area contributed by atoms with E-state index in [1.54, 1.807) is 45.0 Å². The molecule has 1 amide bonds. The first-order valence-corrected chi connectivity index (χ1v) is 10.1. The SMILES string of the molecule is Cc1cc(NC(=O)[C@H](O)c2cc(F)cc(F)c2)ccc1-c1cnc(N)c(C(=O)OC(C)C)c1. The minimum atomic E-state index is -1.76. The number of amides is 1. The highest BCUT2D eigenvalue weighted by Gasteiger charge is 2.20. The van der Waals surface area contributed by atoms with E-state index < -0.39 is 29.6 Å². The fraction of sp³-hybridized carbons (Fsp3) is 0.208. The highest BCUT2D eigenvalue weighted by Crippen LogP contribution is 2.28. The van der Waals surface area contributed by atoms with E-state index in [1.807, 2.05) is 0 Å². The molecule has 0 saturated heterocycles. The molecule has 4 N–H and O–H groups in total. The summed E-state index contributed by atoms with van der Waals surface area (Å²) in [6.45, 7) is 5.24. The molecule has 33 heavy (non-hydrogen) atoms. The molecule has 0 aliphatic carbocycles. The summed E-state index contributed by atoms with van der Waals surface area (Å²) in [6.07, 6.45) is -0.556. The van der Waals surface area contributed by atoms with E-state index in [-0.39, 0.29) is 23.0 Å². The monoisotopic (exact) mass is 455 g/mol. The van der Waals surface area contributed by atoms with Crippen molar-refractivity contribution in [2.24, 2.45) is 0 Å². The number of pyridine rings is 1. The van der Waals surface area contributed by atoms with E-state index in [0.29, 0.717) is 17.3 Å². The predicted molar refractivity (Wildman–Crippen MR) is 119 cm³/mol. The van der Waals surface area contributed by atoms with Gasteiger partial charge in [-0.05, 0) is 67.8 Å². The molecular weight excluding hydrogens is 432 g/mol. The Kier molecular flexibility index (Phi) is 7.03. The van der Waals surface area contributed by atoms with E-state index >= 15 is 0 Å². The van der Waals surface area contributed by atoms with Crippen molar-refractivity contribution in [1.29, 1.82) is 0 Å². The summed E-state index contributed by atoms with van der Waals surface area (Å²) in [5, 5.41) is 12.7. The Morgan fingerprint density at radius 1 is 1.09 bits per heavy atom. The number of aliphatic hydroxyl groups is 1. The van der Waals surface area contributed by atoms with Crippen LogP contribution in [0.25, 0.3) is 11.1 Å². The minimum Gasteiger partial charge on any atom is -0.459 e. The molecule has 0 unspecified atom stereocenters. The summed E-state index contributed by atoms with van der Waals surface area (Å²) >= 11 is 0. The number of esters is 1. The lowest BCUT2D eigenvalue weighted by molar-refractivity contribution is -0.124. The van der Waals surface area contributed by atoms with Crippen molar-refractivity contribution in [3.8, 4) is 11.1 Å². The number of nitrogens with zero attached hydrogens (tertiary/aromatic N) is 1. The number of hydrogen-bond acceptors (Lipinski definition) is 6. The zero-order chi connectivity index (χ0) is 24.3. The molecule has 3 rings (SSSR count). The number of carbonyl (C=O) groups is 2. The molecule has 172 valence electrons. The lowest BCUT2D eigenvalue weighted by atomic mass is 10.00. The van der Waals surface area contributed by atoms with Gasteiger partial charge in [-0.15, -0.1) is 0 Å². The van der Waals surface area contributed by atoms with Gasteiger partial charge >= 0.3 is 5.97 Å². The van der Waals surface area contributed by atoms with Crippen LogP contribution in [0.2, 0.25) is 0 Å². The maximum atomic E-state index is 13.4. The molecule has 9 heteroatoms. The van der Waals surface area contributed by atoms with Gasteiger partial charge in [0.1, 0.15) is 23.0 Å². The number of carbonyl (C=O) groups excluding carboxylic acids is 2. The molecule has 1 aromatic heterocycles. The number of aromatic nitrogens is 1. The van der Waals surface area contributed by atoms with Gasteiger partial charge in [-0.3, -0.25) is 4.79 Å². The first-order chi connectivity index (χ1) is 15.5. The Bertz CT molecular complexity index is 1190. The summed E-state index contributed by atoms with van der Waals surface area (Å²) in [7, 11) is 0. The number of aliphatic hydroxyl groups excluding tert-OH is 1. The van der Waals surface area contributed by atoms with Gasteiger partial charge in [0.2, 0.25) is 0 Å². The Morgan fingerprint density at radius 2 is 1.76 bits per heavy atom. The first kappa shape index (κ1) is 23.8. The molecule has 0 radical (unpaired) electrons. The van der Waals surface area contributed by atoms with Gasteiger partial charge in [0.15, 0.2) is 6.10 Å². The number of rotatable bonds is 6. The predicted octanol–water partition coefficient (Wildman–Crippen LogP) is 4.15. The molecule has 1 heterocycles. The van der Waals surface area contributed by atoms with E-state index in [9.17, 15) is 23.5 Å². The van der Waals surface area contributed by atoms with E-state index in [4.69, 9.17) is 10.5 Å². The number of nitrogens with one attached hydrogen (secondary N) is 1. The molecule has 0 bridgehead atoms. The Balaban J connectivity index is 1.81. The van der Waals surface area contributed by atoms with E-state index in [1.165, 1.54) is 6.20 Å². The van der Waals surface area contributed by atoms with Crippen LogP contribution in [0.5, 0.6) is 0 Å². The molecule has 3 aromatic rings. The zero-order valence-corrected chi connectivity index (χ0v) is 18.2. The number of nitrogens with two attached hydrogens (primary N) is 1. The quantitative estimate of drug-likeness (QED) is 0.481. The standard InChI is InChI=1S/C24H23F2N3O4/c1-12(2)33-24(32)20-9-15(11-28-22(20)27)19-5-4-18(6-13(19)3)29-23(31)21(30)14-7-16(25)10-17(26)8-14/h4-12,21,30H,1-3H3,(H2,27,28)(H,29,31)/t21-/m1/s1. The van der Waals surface area contributed by atoms with Gasteiger partial charge in [-0.1, -0.05) is 6.07 Å². The van der Waals surface area contributed by atoms with Crippen molar-refractivity contribution in [1.82, 2.24) is 4.98 Å². The van der Waals surface area contributed by atoms with Crippen molar-refractivity contribution in [3.63, 3.8) is 0 Å². The molecular formula is C24H23F2N3O4. The average Bonchev–Trinajstić information content (AvgIpc) is 2.72. The average molecular weight is 455 g/mol. The van der Waals surface area contributed by atoms with Crippen LogP contribution in [0.1, 0.15) is 41.4 Å². The smallest absolute Gasteiger partial charge is 0.342 e. The minimum absolute atomic E-state index is 0.0497. The first-order valence-electron chi connectivity index (χ1n) is 10.1. The third-order valence-corrected chi connectivity index (χ3v) is 4.74. The fourth-order valence-electron chi connectivity index (χ4n) is 3.22. The molecule has 1 atom stereocenters. The highest BCUT2D eigenvalue weighted by atomic mass is 19.1. The van der Waals surface area contributed by atoms with Crippen LogP contribution in [0, 0.1) is 18.6 Å². The van der Waals surface area contributed by atoms with Crippen molar-refractivity contribution < 1.29 is 28.2 Å². The molecule has 0 aliphatic heterocycles.